The first-order valence-electron chi connectivity index (χ1n) is 11.0. The molecule has 0 amide bonds. The lowest BCUT2D eigenvalue weighted by Gasteiger charge is -2.14. The predicted molar refractivity (Wildman–Crippen MR) is 131 cm³/mol. The van der Waals surface area contributed by atoms with Gasteiger partial charge >= 0.3 is 0 Å². The average Bonchev–Trinajstić information content (AvgIpc) is 3.50. The quantitative estimate of drug-likeness (QED) is 0.311. The van der Waals surface area contributed by atoms with Gasteiger partial charge in [-0.1, -0.05) is 78.4 Å². The summed E-state index contributed by atoms with van der Waals surface area (Å²) in [6, 6.07) is 35.4. The van der Waals surface area contributed by atoms with Crippen LogP contribution in [0.4, 0.5) is 0 Å². The molecule has 0 N–H and O–H groups in total. The zero-order chi connectivity index (χ0) is 22.2. The number of hydrogen-bond donors (Lipinski definition) is 0. The zero-order valence-electron chi connectivity index (χ0n) is 18.2. The van der Waals surface area contributed by atoms with Crippen LogP contribution in [0.1, 0.15) is 5.56 Å². The highest BCUT2D eigenvalue weighted by Gasteiger charge is 2.24. The van der Waals surface area contributed by atoms with Crippen LogP contribution in [0.2, 0.25) is 0 Å². The van der Waals surface area contributed by atoms with E-state index in [2.05, 4.69) is 84.3 Å². The fourth-order valence-electron chi connectivity index (χ4n) is 4.25. The monoisotopic (exact) mass is 430 g/mol. The van der Waals surface area contributed by atoms with E-state index >= 15 is 0 Å². The van der Waals surface area contributed by atoms with Gasteiger partial charge in [0.1, 0.15) is 5.82 Å². The molecule has 2 heterocycles. The SMILES string of the molecule is Cc1ccc(-n2c(-c3ccc4c(c3)OCO4)nc(-c3ccccc3)c2-c2ccccc2)cc1. The first kappa shape index (κ1) is 19.4. The zero-order valence-corrected chi connectivity index (χ0v) is 18.2. The number of ether oxygens (including phenoxy) is 2. The summed E-state index contributed by atoms with van der Waals surface area (Å²) in [5.74, 6) is 2.36. The topological polar surface area (TPSA) is 36.3 Å². The van der Waals surface area contributed by atoms with Gasteiger partial charge in [-0.3, -0.25) is 4.57 Å². The number of hydrogen-bond acceptors (Lipinski definition) is 3. The van der Waals surface area contributed by atoms with E-state index < -0.39 is 0 Å². The second-order valence-corrected chi connectivity index (χ2v) is 8.10. The normalized spacial score (nSPS) is 12.2. The molecule has 0 spiro atoms. The second-order valence-electron chi connectivity index (χ2n) is 8.10. The fraction of sp³-hybridized carbons (Fsp3) is 0.0690. The molecule has 0 atom stereocenters. The van der Waals surface area contributed by atoms with Crippen LogP contribution >= 0.6 is 0 Å². The Labute approximate surface area is 192 Å². The first-order chi connectivity index (χ1) is 16.3. The van der Waals surface area contributed by atoms with Crippen molar-refractivity contribution in [3.8, 4) is 51.1 Å². The highest BCUT2D eigenvalue weighted by atomic mass is 16.7. The predicted octanol–water partition coefficient (Wildman–Crippen LogP) is 6.91. The molecule has 160 valence electrons. The molecule has 0 saturated carbocycles. The molecule has 0 bridgehead atoms. The average molecular weight is 431 g/mol. The molecule has 33 heavy (non-hydrogen) atoms. The van der Waals surface area contributed by atoms with Crippen molar-refractivity contribution in [2.24, 2.45) is 0 Å². The smallest absolute Gasteiger partial charge is 0.231 e. The number of aryl methyl sites for hydroxylation is 1. The Morgan fingerprint density at radius 3 is 2.06 bits per heavy atom. The molecule has 5 aromatic rings. The van der Waals surface area contributed by atoms with Gasteiger partial charge in [-0.2, -0.15) is 0 Å². The lowest BCUT2D eigenvalue weighted by molar-refractivity contribution is 0.174. The van der Waals surface area contributed by atoms with E-state index in [-0.39, 0.29) is 6.79 Å². The molecule has 0 saturated heterocycles. The van der Waals surface area contributed by atoms with E-state index in [0.29, 0.717) is 0 Å². The van der Waals surface area contributed by atoms with Crippen molar-refractivity contribution in [1.29, 1.82) is 0 Å². The van der Waals surface area contributed by atoms with Crippen LogP contribution in [-0.2, 0) is 0 Å². The molecule has 0 fully saturated rings. The van der Waals surface area contributed by atoms with Gasteiger partial charge < -0.3 is 9.47 Å². The summed E-state index contributed by atoms with van der Waals surface area (Å²) in [4.78, 5) is 5.22. The van der Waals surface area contributed by atoms with Crippen LogP contribution in [-0.4, -0.2) is 16.3 Å². The summed E-state index contributed by atoms with van der Waals surface area (Å²) in [6.07, 6.45) is 0. The van der Waals surface area contributed by atoms with Gasteiger partial charge in [0, 0.05) is 22.4 Å². The van der Waals surface area contributed by atoms with Crippen LogP contribution in [0.5, 0.6) is 11.5 Å². The minimum absolute atomic E-state index is 0.246. The minimum atomic E-state index is 0.246. The third-order valence-electron chi connectivity index (χ3n) is 5.89. The van der Waals surface area contributed by atoms with Crippen LogP contribution in [0.3, 0.4) is 0 Å². The van der Waals surface area contributed by atoms with Crippen LogP contribution in [0, 0.1) is 6.92 Å². The maximum absolute atomic E-state index is 5.67. The van der Waals surface area contributed by atoms with Gasteiger partial charge in [0.25, 0.3) is 0 Å². The Kier molecular flexibility index (Phi) is 4.69. The van der Waals surface area contributed by atoms with Crippen LogP contribution < -0.4 is 9.47 Å². The molecule has 0 radical (unpaired) electrons. The molecule has 0 aliphatic carbocycles. The van der Waals surface area contributed by atoms with E-state index in [1.165, 1.54) is 5.56 Å². The van der Waals surface area contributed by atoms with Crippen molar-refractivity contribution in [3.05, 3.63) is 109 Å². The molecule has 4 nitrogen and oxygen atoms in total. The van der Waals surface area contributed by atoms with Crippen molar-refractivity contribution in [3.63, 3.8) is 0 Å². The van der Waals surface area contributed by atoms with E-state index in [4.69, 9.17) is 14.5 Å². The molecule has 1 aliphatic rings. The summed E-state index contributed by atoms with van der Waals surface area (Å²) in [6.45, 7) is 2.35. The van der Waals surface area contributed by atoms with Crippen molar-refractivity contribution in [2.75, 3.05) is 6.79 Å². The van der Waals surface area contributed by atoms with E-state index in [9.17, 15) is 0 Å². The lowest BCUT2D eigenvalue weighted by Crippen LogP contribution is -2.00. The Hall–Kier alpha value is -4.31. The van der Waals surface area contributed by atoms with E-state index in [1.807, 2.05) is 30.3 Å². The highest BCUT2D eigenvalue weighted by molar-refractivity contribution is 5.84. The summed E-state index contributed by atoms with van der Waals surface area (Å²) in [5, 5.41) is 0. The van der Waals surface area contributed by atoms with Gasteiger partial charge in [-0.05, 0) is 37.3 Å². The molecule has 0 unspecified atom stereocenters. The van der Waals surface area contributed by atoms with Crippen molar-refractivity contribution < 1.29 is 9.47 Å². The van der Waals surface area contributed by atoms with Gasteiger partial charge in [-0.25, -0.2) is 4.98 Å². The number of benzene rings is 4. The van der Waals surface area contributed by atoms with E-state index in [1.54, 1.807) is 0 Å². The van der Waals surface area contributed by atoms with Gasteiger partial charge in [0.05, 0.1) is 11.4 Å². The molecule has 1 aromatic heterocycles. The fourth-order valence-corrected chi connectivity index (χ4v) is 4.25. The number of fused-ring (bicyclic) bond motifs is 1. The lowest BCUT2D eigenvalue weighted by atomic mass is 10.0. The van der Waals surface area contributed by atoms with Gasteiger partial charge in [0.2, 0.25) is 6.79 Å². The van der Waals surface area contributed by atoms with Gasteiger partial charge in [-0.15, -0.1) is 0 Å². The summed E-state index contributed by atoms with van der Waals surface area (Å²) in [7, 11) is 0. The Balaban J connectivity index is 1.68. The Morgan fingerprint density at radius 2 is 1.33 bits per heavy atom. The van der Waals surface area contributed by atoms with Gasteiger partial charge in [0.15, 0.2) is 11.5 Å². The van der Waals surface area contributed by atoms with Crippen molar-refractivity contribution in [2.45, 2.75) is 6.92 Å². The summed E-state index contributed by atoms with van der Waals surface area (Å²) < 4.78 is 13.4. The number of rotatable bonds is 4. The standard InChI is InChI=1S/C29H22N2O2/c1-20-12-15-24(16-13-20)31-28(22-10-6-3-7-11-22)27(21-8-4-2-5-9-21)30-29(31)23-14-17-25-26(18-23)33-19-32-25/h2-18H,19H2,1H3. The summed E-state index contributed by atoms with van der Waals surface area (Å²) >= 11 is 0. The number of nitrogens with zero attached hydrogens (tertiary/aromatic N) is 2. The molecule has 4 heteroatoms. The molecule has 4 aromatic carbocycles. The summed E-state index contributed by atoms with van der Waals surface area (Å²) in [5.41, 5.74) is 7.42. The first-order valence-corrected chi connectivity index (χ1v) is 11.0. The molecular formula is C29H22N2O2. The third kappa shape index (κ3) is 3.46. The largest absolute Gasteiger partial charge is 0.454 e. The molecular weight excluding hydrogens is 408 g/mol. The van der Waals surface area contributed by atoms with Crippen LogP contribution in [0.25, 0.3) is 39.6 Å². The number of aromatic nitrogens is 2. The Bertz CT molecular complexity index is 1420. The van der Waals surface area contributed by atoms with E-state index in [0.717, 1.165) is 51.1 Å². The highest BCUT2D eigenvalue weighted by Crippen LogP contribution is 2.41. The maximum Gasteiger partial charge on any atom is 0.231 e. The Morgan fingerprint density at radius 1 is 0.667 bits per heavy atom. The number of imidazole rings is 1. The van der Waals surface area contributed by atoms with Crippen LogP contribution in [0.15, 0.2) is 103 Å². The molecule has 1 aliphatic heterocycles. The third-order valence-corrected chi connectivity index (χ3v) is 5.89. The maximum atomic E-state index is 5.67. The van der Waals surface area contributed by atoms with Crippen molar-refractivity contribution >= 4 is 0 Å². The van der Waals surface area contributed by atoms with Crippen molar-refractivity contribution in [1.82, 2.24) is 9.55 Å². The second kappa shape index (κ2) is 7.99. The minimum Gasteiger partial charge on any atom is -0.454 e. The molecule has 6 rings (SSSR count).